The highest BCUT2D eigenvalue weighted by molar-refractivity contribution is 7.90. The third-order valence-electron chi connectivity index (χ3n) is 10.8. The second-order valence-electron chi connectivity index (χ2n) is 22.0. The van der Waals surface area contributed by atoms with Crippen molar-refractivity contribution in [2.45, 2.75) is 158 Å². The Morgan fingerprint density at radius 2 is 0.859 bits per heavy atom. The fourth-order valence-electron chi connectivity index (χ4n) is 7.01. The van der Waals surface area contributed by atoms with Crippen molar-refractivity contribution in [3.8, 4) is 6.57 Å². The summed E-state index contributed by atoms with van der Waals surface area (Å²) in [6, 6.07) is 50.8. The molecular formula is C64H85N6O12S3+. The lowest BCUT2D eigenvalue weighted by molar-refractivity contribution is -0.134. The molecule has 6 aromatic carbocycles. The summed E-state index contributed by atoms with van der Waals surface area (Å²) in [4.78, 5) is 60.9. The zero-order chi connectivity index (χ0) is 64.5. The Morgan fingerprint density at radius 1 is 0.541 bits per heavy atom. The third kappa shape index (κ3) is 33.3. The average Bonchev–Trinajstić information content (AvgIpc) is 2.29. The van der Waals surface area contributed by atoms with Gasteiger partial charge in [0, 0.05) is 52.1 Å². The van der Waals surface area contributed by atoms with Gasteiger partial charge in [0.15, 0.2) is 0 Å². The van der Waals surface area contributed by atoms with Gasteiger partial charge in [-0.05, 0) is 127 Å². The molecule has 0 spiro atoms. The minimum Gasteiger partial charge on any atom is -0.481 e. The molecule has 0 fully saturated rings. The molecule has 0 aliphatic heterocycles. The van der Waals surface area contributed by atoms with Crippen LogP contribution in [0.5, 0.6) is 0 Å². The number of aryl methyl sites for hydroxylation is 3. The van der Waals surface area contributed by atoms with Crippen LogP contribution in [-0.4, -0.2) is 93.3 Å². The number of aliphatic carboxylic acids is 1. The minimum atomic E-state index is -4.18. The van der Waals surface area contributed by atoms with Crippen LogP contribution in [0.1, 0.15) is 112 Å². The number of carbonyl (C=O) groups is 5. The van der Waals surface area contributed by atoms with Crippen LogP contribution in [0.3, 0.4) is 0 Å². The second-order valence-corrected chi connectivity index (χ2v) is 27.1. The van der Waals surface area contributed by atoms with Gasteiger partial charge >= 0.3 is 0 Å². The van der Waals surface area contributed by atoms with Gasteiger partial charge in [-0.2, -0.15) is 4.72 Å². The van der Waals surface area contributed by atoms with Crippen molar-refractivity contribution in [3.63, 3.8) is 0 Å². The Labute approximate surface area is 504 Å². The summed E-state index contributed by atoms with van der Waals surface area (Å²) in [5.41, 5.74) is 2.18. The summed E-state index contributed by atoms with van der Waals surface area (Å²) in [6.07, 6.45) is 4.05. The highest BCUT2D eigenvalue weighted by Gasteiger charge is 2.39. The van der Waals surface area contributed by atoms with Gasteiger partial charge in [-0.25, -0.2) is 34.7 Å². The van der Waals surface area contributed by atoms with E-state index in [1.165, 1.54) is 48.9 Å². The Morgan fingerprint density at radius 3 is 1.18 bits per heavy atom. The van der Waals surface area contributed by atoms with Crippen molar-refractivity contribution in [1.82, 2.24) is 19.7 Å². The second kappa shape index (κ2) is 36.8. The van der Waals surface area contributed by atoms with E-state index in [1.54, 1.807) is 54.6 Å². The number of hydrogen-bond donors (Lipinski definition) is 5. The van der Waals surface area contributed by atoms with E-state index < -0.39 is 71.0 Å². The number of nitrogens with zero attached hydrogens (tertiary/aromatic N) is 2. The average molecular weight is 1230 g/mol. The molecular weight excluding hydrogens is 1140 g/mol. The first-order valence-electron chi connectivity index (χ1n) is 27.1. The van der Waals surface area contributed by atoms with Gasteiger partial charge in [-0.1, -0.05) is 150 Å². The van der Waals surface area contributed by atoms with Crippen molar-refractivity contribution < 1.29 is 54.3 Å². The quantitative estimate of drug-likeness (QED) is 0.0503. The van der Waals surface area contributed by atoms with E-state index in [0.29, 0.717) is 30.0 Å². The fraction of sp³-hybridized carbons (Fsp3) is 0.344. The SMILES string of the molecule is C#[N+]C(C)(C)C.CC(=O)N(C(CCc1ccccc1)C(=O)NC(C)(C)C)S(=O)(=O)c1ccccc1.CC(=O)O.CC(C)(C)NC(=O)C(CCc1ccccc1)NS(=O)(=O)c1ccccc1.NS(=O)(=O)c1ccccc1.O=CCCc1ccccc1. The smallest absolute Gasteiger partial charge is 0.300 e. The van der Waals surface area contributed by atoms with Crippen LogP contribution in [0.2, 0.25) is 0 Å². The summed E-state index contributed by atoms with van der Waals surface area (Å²) in [6.45, 7) is 24.1. The summed E-state index contributed by atoms with van der Waals surface area (Å²) in [5, 5.41) is 17.9. The number of primary sulfonamides is 1. The van der Waals surface area contributed by atoms with E-state index in [4.69, 9.17) is 21.6 Å². The van der Waals surface area contributed by atoms with Crippen LogP contribution < -0.4 is 20.5 Å². The first-order valence-corrected chi connectivity index (χ1v) is 31.6. The van der Waals surface area contributed by atoms with Gasteiger partial charge < -0.3 is 20.5 Å². The molecule has 2 unspecified atom stereocenters. The first kappa shape index (κ1) is 75.1. The lowest BCUT2D eigenvalue weighted by atomic mass is 10.0. The number of amides is 3. The normalized spacial score (nSPS) is 11.8. The number of sulfonamides is 3. The van der Waals surface area contributed by atoms with E-state index >= 15 is 0 Å². The summed E-state index contributed by atoms with van der Waals surface area (Å²) < 4.78 is 76.2. The lowest BCUT2D eigenvalue weighted by Gasteiger charge is -2.32. The largest absolute Gasteiger partial charge is 0.481 e. The molecule has 6 aromatic rings. The maximum atomic E-state index is 13.2. The predicted octanol–water partition coefficient (Wildman–Crippen LogP) is 10.0. The molecule has 0 aromatic heterocycles. The van der Waals surface area contributed by atoms with E-state index in [2.05, 4.69) is 20.2 Å². The minimum absolute atomic E-state index is 0.0246. The van der Waals surface area contributed by atoms with Gasteiger partial charge in [0.1, 0.15) is 18.4 Å². The molecule has 0 heterocycles. The van der Waals surface area contributed by atoms with E-state index in [9.17, 15) is 44.4 Å². The van der Waals surface area contributed by atoms with Crippen molar-refractivity contribution in [2.24, 2.45) is 5.14 Å². The molecule has 6 N–H and O–H groups in total. The number of benzene rings is 6. The number of rotatable bonds is 18. The van der Waals surface area contributed by atoms with Crippen molar-refractivity contribution in [1.29, 1.82) is 0 Å². The maximum absolute atomic E-state index is 13.2. The van der Waals surface area contributed by atoms with E-state index in [-0.39, 0.29) is 32.6 Å². The number of hydrogen-bond acceptors (Lipinski definition) is 11. The van der Waals surface area contributed by atoms with Gasteiger partial charge in [0.05, 0.1) is 14.7 Å². The van der Waals surface area contributed by atoms with Gasteiger partial charge in [0.2, 0.25) is 37.8 Å². The number of nitrogens with two attached hydrogens (primary N) is 1. The molecule has 460 valence electrons. The monoisotopic (exact) mass is 1230 g/mol. The first-order chi connectivity index (χ1) is 39.5. The van der Waals surface area contributed by atoms with Crippen LogP contribution in [0.4, 0.5) is 0 Å². The zero-order valence-corrected chi connectivity index (χ0v) is 53.0. The van der Waals surface area contributed by atoms with Crippen LogP contribution in [0.15, 0.2) is 197 Å². The van der Waals surface area contributed by atoms with Crippen LogP contribution in [0.25, 0.3) is 4.85 Å². The zero-order valence-electron chi connectivity index (χ0n) is 50.5. The molecule has 0 aliphatic carbocycles. The molecule has 0 saturated heterocycles. The Kier molecular flexibility index (Phi) is 32.5. The molecule has 0 radical (unpaired) electrons. The molecule has 2 atom stereocenters. The predicted molar refractivity (Wildman–Crippen MR) is 336 cm³/mol. The van der Waals surface area contributed by atoms with Gasteiger partial charge in [0.25, 0.3) is 28.1 Å². The number of aldehydes is 1. The van der Waals surface area contributed by atoms with Crippen LogP contribution in [0, 0.1) is 6.57 Å². The summed E-state index contributed by atoms with van der Waals surface area (Å²) in [5.74, 6) is -2.35. The molecule has 18 nitrogen and oxygen atoms in total. The molecule has 0 bridgehead atoms. The van der Waals surface area contributed by atoms with Crippen LogP contribution >= 0.6 is 0 Å². The molecule has 3 amide bonds. The Balaban J connectivity index is 0.000000578. The molecule has 0 aliphatic rings. The summed E-state index contributed by atoms with van der Waals surface area (Å²) in [7, 11) is -11.5. The number of nitrogens with one attached hydrogen (secondary N) is 3. The van der Waals surface area contributed by atoms with Gasteiger partial charge in [-0.15, -0.1) is 0 Å². The van der Waals surface area contributed by atoms with E-state index in [1.807, 2.05) is 153 Å². The van der Waals surface area contributed by atoms with E-state index in [0.717, 1.165) is 30.8 Å². The lowest BCUT2D eigenvalue weighted by Crippen LogP contribution is -2.55. The van der Waals surface area contributed by atoms with Crippen molar-refractivity contribution in [3.05, 3.63) is 204 Å². The topological polar surface area (TPSA) is 278 Å². The van der Waals surface area contributed by atoms with Crippen molar-refractivity contribution in [2.75, 3.05) is 0 Å². The van der Waals surface area contributed by atoms with Crippen LogP contribution in [-0.2, 0) is 73.3 Å². The molecule has 85 heavy (non-hydrogen) atoms. The van der Waals surface area contributed by atoms with Gasteiger partial charge in [-0.3, -0.25) is 19.2 Å². The summed E-state index contributed by atoms with van der Waals surface area (Å²) >= 11 is 0. The highest BCUT2D eigenvalue weighted by Crippen LogP contribution is 2.23. The fourth-order valence-corrected chi connectivity index (χ4v) is 10.4. The Bertz CT molecular complexity index is 3330. The Hall–Kier alpha value is -7.87. The molecule has 6 rings (SSSR count). The van der Waals surface area contributed by atoms with Crippen molar-refractivity contribution >= 4 is 60.0 Å². The maximum Gasteiger partial charge on any atom is 0.300 e. The third-order valence-corrected chi connectivity index (χ3v) is 15.1. The highest BCUT2D eigenvalue weighted by atomic mass is 32.2. The standard InChI is InChI=1S/C22H28N2O4S.C20H26N2O3S.C9H10O.C6H7NO2S.C5H10N.C2H4O2/c1-17(25)24(29(27,28)19-13-9-6-10-14-19)20(21(26)23-22(2,3)4)16-15-18-11-7-5-8-12-18;1-20(2,3)21-19(23)18(15-14-16-10-6-4-7-11-16)22-26(24,25)17-12-8-5-9-13-17;10-8-4-7-9-5-2-1-3-6-9;7-10(8,9)6-4-2-1-3-5-6;1-5(2,3)6-4;1-2(3)4/h5-14,20H,15-16H2,1-4H3,(H,23,26);4-13,18,22H,14-15H2,1-3H3,(H,21,23);1-3,5-6,8H,4,7H2;1-5H,(H2,7,8,9);4H,1-3H3;1H3,(H,3,4)/q;;;;+1;. The number of carboxylic acid groups (broad SMARTS) is 1. The number of carboxylic acids is 1. The number of carbonyl (C=O) groups excluding carboxylic acids is 4. The molecule has 0 saturated carbocycles. The molecule has 21 heteroatoms.